The number of anilines is 1. The zero-order valence-electron chi connectivity index (χ0n) is 11.8. The second-order valence-corrected chi connectivity index (χ2v) is 7.96. The van der Waals surface area contributed by atoms with Gasteiger partial charge in [0.15, 0.2) is 4.34 Å². The minimum Gasteiger partial charge on any atom is -0.389 e. The molecule has 0 spiro atoms. The summed E-state index contributed by atoms with van der Waals surface area (Å²) >= 11 is 3.57. The lowest BCUT2D eigenvalue weighted by molar-refractivity contribution is 0.516. The molecule has 1 aliphatic carbocycles. The highest BCUT2D eigenvalue weighted by Crippen LogP contribution is 2.40. The predicted octanol–water partition coefficient (Wildman–Crippen LogP) is 5.13. The lowest BCUT2D eigenvalue weighted by atomic mass is 10.0. The van der Waals surface area contributed by atoms with Crippen LogP contribution in [-0.4, -0.2) is 10.2 Å². The van der Waals surface area contributed by atoms with Gasteiger partial charge in [-0.15, -0.1) is 0 Å². The van der Waals surface area contributed by atoms with Crippen molar-refractivity contribution >= 4 is 28.1 Å². The van der Waals surface area contributed by atoms with E-state index in [1.54, 1.807) is 11.3 Å². The fourth-order valence-electron chi connectivity index (χ4n) is 2.72. The molecule has 0 unspecified atom stereocenters. The molecule has 1 aliphatic rings. The van der Waals surface area contributed by atoms with Gasteiger partial charge >= 0.3 is 0 Å². The number of nitrogens with two attached hydrogens (primary N) is 1. The number of hydrogen-bond acceptors (Lipinski definition) is 4. The molecule has 2 nitrogen and oxygen atoms in total. The highest BCUT2D eigenvalue weighted by molar-refractivity contribution is 8.01. The molecule has 20 heavy (non-hydrogen) atoms. The minimum atomic E-state index is 0.735. The van der Waals surface area contributed by atoms with Crippen LogP contribution in [0.4, 0.5) is 5.00 Å². The van der Waals surface area contributed by atoms with E-state index in [1.807, 2.05) is 11.8 Å². The van der Waals surface area contributed by atoms with Gasteiger partial charge in [-0.1, -0.05) is 66.6 Å². The van der Waals surface area contributed by atoms with Crippen molar-refractivity contribution in [3.8, 4) is 11.3 Å². The summed E-state index contributed by atoms with van der Waals surface area (Å²) in [5.41, 5.74) is 9.55. The maximum Gasteiger partial charge on any atom is 0.152 e. The number of aromatic nitrogens is 1. The first-order valence-electron chi connectivity index (χ1n) is 7.23. The summed E-state index contributed by atoms with van der Waals surface area (Å²) in [5, 5.41) is 1.58. The number of rotatable bonds is 3. The lowest BCUT2D eigenvalue weighted by Crippen LogP contribution is -2.07. The Morgan fingerprint density at radius 1 is 1.20 bits per heavy atom. The van der Waals surface area contributed by atoms with Crippen molar-refractivity contribution in [1.29, 1.82) is 0 Å². The van der Waals surface area contributed by atoms with Gasteiger partial charge in [0.05, 0.1) is 0 Å². The van der Waals surface area contributed by atoms with Crippen LogP contribution in [0.15, 0.2) is 28.6 Å². The summed E-state index contributed by atoms with van der Waals surface area (Å²) in [7, 11) is 0. The Morgan fingerprint density at radius 3 is 2.70 bits per heavy atom. The number of thiazole rings is 1. The van der Waals surface area contributed by atoms with Crippen molar-refractivity contribution in [3.05, 3.63) is 29.8 Å². The molecule has 106 valence electrons. The van der Waals surface area contributed by atoms with E-state index in [9.17, 15) is 0 Å². The molecule has 1 fully saturated rings. The third-order valence-electron chi connectivity index (χ3n) is 3.85. The number of thioether (sulfide) groups is 1. The van der Waals surface area contributed by atoms with Crippen LogP contribution >= 0.6 is 23.1 Å². The number of nitrogen functional groups attached to an aromatic ring is 1. The van der Waals surface area contributed by atoms with Gasteiger partial charge in [0.2, 0.25) is 0 Å². The first-order valence-corrected chi connectivity index (χ1v) is 8.92. The van der Waals surface area contributed by atoms with Gasteiger partial charge < -0.3 is 5.73 Å². The molecule has 0 aliphatic heterocycles. The minimum absolute atomic E-state index is 0.735. The van der Waals surface area contributed by atoms with E-state index < -0.39 is 0 Å². The maximum absolute atomic E-state index is 6.19. The summed E-state index contributed by atoms with van der Waals surface area (Å²) in [6.45, 7) is 2.11. The van der Waals surface area contributed by atoms with Crippen LogP contribution in [0.1, 0.15) is 37.7 Å². The molecular weight excluding hydrogens is 284 g/mol. The smallest absolute Gasteiger partial charge is 0.152 e. The molecule has 1 aromatic heterocycles. The molecule has 0 bridgehead atoms. The standard InChI is InChI=1S/C16H20N2S2/c1-11-7-5-6-10-13(11)14-15(17)20-16(18-14)19-12-8-3-2-4-9-12/h5-7,10,12H,2-4,8-9,17H2,1H3. The summed E-state index contributed by atoms with van der Waals surface area (Å²) in [4.78, 5) is 4.79. The van der Waals surface area contributed by atoms with E-state index >= 15 is 0 Å². The van der Waals surface area contributed by atoms with Gasteiger partial charge in [0.25, 0.3) is 0 Å². The van der Waals surface area contributed by atoms with E-state index in [0.717, 1.165) is 25.8 Å². The molecule has 1 saturated carbocycles. The SMILES string of the molecule is Cc1ccccc1-c1nc(SC2CCCCC2)sc1N. The Labute approximate surface area is 128 Å². The molecule has 3 rings (SSSR count). The van der Waals surface area contributed by atoms with Gasteiger partial charge in [-0.3, -0.25) is 0 Å². The van der Waals surface area contributed by atoms with Crippen LogP contribution in [0.25, 0.3) is 11.3 Å². The van der Waals surface area contributed by atoms with E-state index in [1.165, 1.54) is 37.7 Å². The largest absolute Gasteiger partial charge is 0.389 e. The van der Waals surface area contributed by atoms with Crippen molar-refractivity contribution in [2.24, 2.45) is 0 Å². The van der Waals surface area contributed by atoms with Crippen LogP contribution in [0.5, 0.6) is 0 Å². The second kappa shape index (κ2) is 6.19. The van der Waals surface area contributed by atoms with Crippen molar-refractivity contribution in [3.63, 3.8) is 0 Å². The molecule has 1 aromatic carbocycles. The van der Waals surface area contributed by atoms with Gasteiger partial charge in [-0.2, -0.15) is 0 Å². The molecule has 0 amide bonds. The Hall–Kier alpha value is -1.00. The van der Waals surface area contributed by atoms with E-state index in [2.05, 4.69) is 31.2 Å². The summed E-state index contributed by atoms with van der Waals surface area (Å²) in [5.74, 6) is 0. The lowest BCUT2D eigenvalue weighted by Gasteiger charge is -2.19. The van der Waals surface area contributed by atoms with E-state index in [4.69, 9.17) is 10.7 Å². The predicted molar refractivity (Wildman–Crippen MR) is 89.4 cm³/mol. The van der Waals surface area contributed by atoms with Crippen LogP contribution in [0.3, 0.4) is 0 Å². The van der Waals surface area contributed by atoms with Crippen LogP contribution < -0.4 is 5.73 Å². The van der Waals surface area contributed by atoms with E-state index in [0.29, 0.717) is 0 Å². The van der Waals surface area contributed by atoms with Crippen LogP contribution in [0, 0.1) is 6.92 Å². The highest BCUT2D eigenvalue weighted by atomic mass is 32.2. The molecule has 0 radical (unpaired) electrons. The highest BCUT2D eigenvalue weighted by Gasteiger charge is 2.18. The molecule has 2 aromatic rings. The maximum atomic E-state index is 6.19. The number of aryl methyl sites for hydroxylation is 1. The van der Waals surface area contributed by atoms with Gasteiger partial charge in [0.1, 0.15) is 10.7 Å². The Balaban J connectivity index is 1.82. The zero-order chi connectivity index (χ0) is 13.9. The van der Waals surface area contributed by atoms with Gasteiger partial charge in [-0.05, 0) is 25.3 Å². The zero-order valence-corrected chi connectivity index (χ0v) is 13.4. The fraction of sp³-hybridized carbons (Fsp3) is 0.438. The molecule has 0 saturated heterocycles. The first-order chi connectivity index (χ1) is 9.74. The Morgan fingerprint density at radius 2 is 1.95 bits per heavy atom. The quantitative estimate of drug-likeness (QED) is 0.854. The van der Waals surface area contributed by atoms with Crippen molar-refractivity contribution in [1.82, 2.24) is 4.98 Å². The van der Waals surface area contributed by atoms with Gasteiger partial charge in [0, 0.05) is 10.8 Å². The summed E-state index contributed by atoms with van der Waals surface area (Å²) in [6.07, 6.45) is 6.77. The topological polar surface area (TPSA) is 38.9 Å². The monoisotopic (exact) mass is 304 g/mol. The molecule has 4 heteroatoms. The van der Waals surface area contributed by atoms with Crippen molar-refractivity contribution < 1.29 is 0 Å². The van der Waals surface area contributed by atoms with Crippen LogP contribution in [-0.2, 0) is 0 Å². The second-order valence-electron chi connectivity index (χ2n) is 5.39. The third-order valence-corrected chi connectivity index (χ3v) is 6.17. The molecule has 1 heterocycles. The van der Waals surface area contributed by atoms with Crippen LogP contribution in [0.2, 0.25) is 0 Å². The summed E-state index contributed by atoms with van der Waals surface area (Å²) in [6, 6.07) is 8.33. The summed E-state index contributed by atoms with van der Waals surface area (Å²) < 4.78 is 1.13. The van der Waals surface area contributed by atoms with Crippen molar-refractivity contribution in [2.75, 3.05) is 5.73 Å². The number of hydrogen-bond donors (Lipinski definition) is 1. The molecule has 2 N–H and O–H groups in total. The van der Waals surface area contributed by atoms with Crippen molar-refractivity contribution in [2.45, 2.75) is 48.6 Å². The third kappa shape index (κ3) is 3.01. The first kappa shape index (κ1) is 14.0. The number of nitrogens with zero attached hydrogens (tertiary/aromatic N) is 1. The average molecular weight is 304 g/mol. The normalized spacial score (nSPS) is 16.4. The Kier molecular flexibility index (Phi) is 4.32. The van der Waals surface area contributed by atoms with E-state index in [-0.39, 0.29) is 0 Å². The Bertz CT molecular complexity index is 586. The molecular formula is C16H20N2S2. The average Bonchev–Trinajstić information content (AvgIpc) is 2.81. The van der Waals surface area contributed by atoms with Gasteiger partial charge in [-0.25, -0.2) is 4.98 Å². The fourth-order valence-corrected chi connectivity index (χ4v) is 5.16. The number of benzene rings is 1. The molecule has 0 atom stereocenters.